The van der Waals surface area contributed by atoms with Crippen molar-refractivity contribution in [3.63, 3.8) is 0 Å². The third-order valence-corrected chi connectivity index (χ3v) is 4.99. The highest BCUT2D eigenvalue weighted by Crippen LogP contribution is 2.43. The lowest BCUT2D eigenvalue weighted by Gasteiger charge is -2.11. The average molecular weight is 303 g/mol. The summed E-state index contributed by atoms with van der Waals surface area (Å²) in [5.74, 6) is -0.0730. The van der Waals surface area contributed by atoms with E-state index < -0.39 is 0 Å². The fourth-order valence-electron chi connectivity index (χ4n) is 2.36. The van der Waals surface area contributed by atoms with Gasteiger partial charge in [0.25, 0.3) is 0 Å². The molecule has 0 atom stereocenters. The lowest BCUT2D eigenvalue weighted by Crippen LogP contribution is -2.05. The van der Waals surface area contributed by atoms with Crippen LogP contribution in [0, 0.1) is 13.8 Å². The maximum Gasteiger partial charge on any atom is 0.341 e. The Morgan fingerprint density at radius 3 is 2.43 bits per heavy atom. The summed E-state index contributed by atoms with van der Waals surface area (Å²) < 4.78 is 4.91. The predicted molar refractivity (Wildman–Crippen MR) is 89.1 cm³/mol. The van der Waals surface area contributed by atoms with Crippen LogP contribution in [0.3, 0.4) is 0 Å². The Balaban J connectivity index is 2.75. The molecule has 2 rings (SSSR count). The van der Waals surface area contributed by atoms with Crippen molar-refractivity contribution in [3.8, 4) is 11.1 Å². The van der Waals surface area contributed by atoms with Gasteiger partial charge in [0.15, 0.2) is 0 Å². The molecule has 0 aliphatic rings. The molecule has 0 saturated carbocycles. The second-order valence-electron chi connectivity index (χ2n) is 5.53. The maximum atomic E-state index is 12.1. The van der Waals surface area contributed by atoms with Gasteiger partial charge in [-0.1, -0.05) is 32.0 Å². The van der Waals surface area contributed by atoms with Gasteiger partial charge in [-0.2, -0.15) is 0 Å². The molecular weight excluding hydrogens is 282 g/mol. The molecule has 1 aromatic heterocycles. The average Bonchev–Trinajstić information content (AvgIpc) is 2.79. The second-order valence-corrected chi connectivity index (χ2v) is 6.61. The molecule has 2 aromatic rings. The lowest BCUT2D eigenvalue weighted by atomic mass is 9.94. The molecule has 3 nitrogen and oxygen atoms in total. The van der Waals surface area contributed by atoms with Crippen molar-refractivity contribution in [2.75, 3.05) is 12.8 Å². The van der Waals surface area contributed by atoms with E-state index in [0.717, 1.165) is 16.0 Å². The van der Waals surface area contributed by atoms with E-state index in [-0.39, 0.29) is 5.97 Å². The molecule has 0 aliphatic heterocycles. The number of anilines is 1. The Bertz CT molecular complexity index is 686. The number of rotatable bonds is 3. The Morgan fingerprint density at radius 2 is 1.90 bits per heavy atom. The second kappa shape index (κ2) is 5.90. The molecule has 0 fully saturated rings. The topological polar surface area (TPSA) is 52.3 Å². The zero-order valence-electron chi connectivity index (χ0n) is 13.1. The quantitative estimate of drug-likeness (QED) is 0.848. The molecule has 0 saturated heterocycles. The fraction of sp³-hybridized carbons (Fsp3) is 0.353. The van der Waals surface area contributed by atoms with Crippen molar-refractivity contribution in [2.45, 2.75) is 33.6 Å². The Labute approximate surface area is 129 Å². The number of hydrogen-bond donors (Lipinski definition) is 1. The first-order valence-corrected chi connectivity index (χ1v) is 7.76. The van der Waals surface area contributed by atoms with Crippen LogP contribution in [0.1, 0.15) is 46.1 Å². The molecule has 0 spiro atoms. The molecule has 0 radical (unpaired) electrons. The van der Waals surface area contributed by atoms with Gasteiger partial charge in [-0.15, -0.1) is 11.3 Å². The van der Waals surface area contributed by atoms with E-state index in [2.05, 4.69) is 39.8 Å². The van der Waals surface area contributed by atoms with Crippen LogP contribution in [-0.4, -0.2) is 13.1 Å². The molecule has 1 heterocycles. The van der Waals surface area contributed by atoms with E-state index in [0.29, 0.717) is 16.5 Å². The van der Waals surface area contributed by atoms with Crippen LogP contribution >= 0.6 is 11.3 Å². The summed E-state index contributed by atoms with van der Waals surface area (Å²) in [6, 6.07) is 6.22. The Kier molecular flexibility index (Phi) is 4.37. The first-order valence-electron chi connectivity index (χ1n) is 6.94. The third kappa shape index (κ3) is 2.81. The number of ether oxygens (including phenoxy) is 1. The van der Waals surface area contributed by atoms with Crippen molar-refractivity contribution >= 4 is 22.3 Å². The van der Waals surface area contributed by atoms with Gasteiger partial charge < -0.3 is 10.5 Å². The Morgan fingerprint density at radius 1 is 1.24 bits per heavy atom. The highest BCUT2D eigenvalue weighted by atomic mass is 32.1. The summed E-state index contributed by atoms with van der Waals surface area (Å²) in [5, 5.41) is 0.527. The van der Waals surface area contributed by atoms with E-state index in [4.69, 9.17) is 10.5 Å². The van der Waals surface area contributed by atoms with Crippen LogP contribution in [0.4, 0.5) is 5.00 Å². The number of carbonyl (C=O) groups is 1. The third-order valence-electron chi connectivity index (χ3n) is 3.67. The molecule has 112 valence electrons. The number of methoxy groups -OCH3 is 1. The molecule has 0 bridgehead atoms. The number of carbonyl (C=O) groups excluding carboxylic acids is 1. The van der Waals surface area contributed by atoms with Gasteiger partial charge >= 0.3 is 5.97 Å². The predicted octanol–water partition coefficient (Wildman–Crippen LogP) is 4.52. The van der Waals surface area contributed by atoms with E-state index in [1.54, 1.807) is 0 Å². The highest BCUT2D eigenvalue weighted by Gasteiger charge is 2.25. The molecule has 1 aromatic carbocycles. The number of benzene rings is 1. The van der Waals surface area contributed by atoms with Crippen LogP contribution in [0.5, 0.6) is 0 Å². The zero-order chi connectivity index (χ0) is 15.7. The minimum atomic E-state index is -0.371. The van der Waals surface area contributed by atoms with Gasteiger partial charge in [0.05, 0.1) is 7.11 Å². The van der Waals surface area contributed by atoms with Crippen molar-refractivity contribution < 1.29 is 9.53 Å². The van der Waals surface area contributed by atoms with Gasteiger partial charge in [0.1, 0.15) is 10.6 Å². The number of aryl methyl sites for hydroxylation is 2. The van der Waals surface area contributed by atoms with Gasteiger partial charge in [-0.3, -0.25) is 0 Å². The zero-order valence-corrected chi connectivity index (χ0v) is 13.9. The van der Waals surface area contributed by atoms with Crippen LogP contribution in [0.2, 0.25) is 0 Å². The van der Waals surface area contributed by atoms with Crippen LogP contribution < -0.4 is 5.73 Å². The van der Waals surface area contributed by atoms with Crippen molar-refractivity contribution in [2.24, 2.45) is 0 Å². The molecule has 4 heteroatoms. The van der Waals surface area contributed by atoms with Crippen LogP contribution in [0.15, 0.2) is 18.2 Å². The number of thiophene rings is 1. The summed E-state index contributed by atoms with van der Waals surface area (Å²) in [4.78, 5) is 13.2. The minimum Gasteiger partial charge on any atom is -0.465 e. The van der Waals surface area contributed by atoms with Gasteiger partial charge in [-0.25, -0.2) is 4.79 Å². The number of nitrogens with two attached hydrogens (primary N) is 1. The highest BCUT2D eigenvalue weighted by molar-refractivity contribution is 7.17. The normalized spacial score (nSPS) is 11.0. The monoisotopic (exact) mass is 303 g/mol. The number of nitrogen functional groups attached to an aromatic ring is 1. The molecule has 0 aliphatic carbocycles. The minimum absolute atomic E-state index is 0.298. The molecular formula is C17H21NO2S. The number of hydrogen-bond acceptors (Lipinski definition) is 4. The fourth-order valence-corrected chi connectivity index (χ4v) is 3.44. The van der Waals surface area contributed by atoms with Crippen molar-refractivity contribution in [3.05, 3.63) is 39.8 Å². The first-order chi connectivity index (χ1) is 9.86. The summed E-state index contributed by atoms with van der Waals surface area (Å²) in [7, 11) is 1.39. The summed E-state index contributed by atoms with van der Waals surface area (Å²) in [6.07, 6.45) is 0. The smallest absolute Gasteiger partial charge is 0.341 e. The molecule has 0 unspecified atom stereocenters. The van der Waals surface area contributed by atoms with Crippen LogP contribution in [-0.2, 0) is 4.74 Å². The first kappa shape index (κ1) is 15.6. The van der Waals surface area contributed by atoms with Gasteiger partial charge in [-0.05, 0) is 36.5 Å². The Hall–Kier alpha value is -1.81. The van der Waals surface area contributed by atoms with Gasteiger partial charge in [0, 0.05) is 10.4 Å². The van der Waals surface area contributed by atoms with E-state index >= 15 is 0 Å². The standard InChI is InChI=1S/C17H21NO2S/c1-9(2)15-13(12-7-6-10(3)11(4)8-12)14(16(18)21-15)17(19)20-5/h6-9H,18H2,1-5H3. The van der Waals surface area contributed by atoms with E-state index in [1.807, 2.05) is 6.07 Å². The molecule has 2 N–H and O–H groups in total. The lowest BCUT2D eigenvalue weighted by molar-refractivity contribution is 0.0603. The summed E-state index contributed by atoms with van der Waals surface area (Å²) in [5.41, 5.74) is 10.9. The van der Waals surface area contributed by atoms with Gasteiger partial charge in [0.2, 0.25) is 0 Å². The van der Waals surface area contributed by atoms with Crippen LogP contribution in [0.25, 0.3) is 11.1 Å². The largest absolute Gasteiger partial charge is 0.465 e. The van der Waals surface area contributed by atoms with Crippen molar-refractivity contribution in [1.29, 1.82) is 0 Å². The SMILES string of the molecule is COC(=O)c1c(N)sc(C(C)C)c1-c1ccc(C)c(C)c1. The summed E-state index contributed by atoms with van der Waals surface area (Å²) in [6.45, 7) is 8.36. The van der Waals surface area contributed by atoms with E-state index in [1.165, 1.54) is 29.6 Å². The van der Waals surface area contributed by atoms with E-state index in [9.17, 15) is 4.79 Å². The number of esters is 1. The molecule has 21 heavy (non-hydrogen) atoms. The summed E-state index contributed by atoms with van der Waals surface area (Å²) >= 11 is 1.47. The molecule has 0 amide bonds. The maximum absolute atomic E-state index is 12.1. The van der Waals surface area contributed by atoms with Crippen molar-refractivity contribution in [1.82, 2.24) is 0 Å².